The molecule has 6 rings (SSSR count). The molecule has 4 heterocycles. The van der Waals surface area contributed by atoms with Crippen LogP contribution in [0.3, 0.4) is 0 Å². The Hall–Kier alpha value is -2.17. The number of piperidine rings is 1. The molecule has 1 saturated carbocycles. The van der Waals surface area contributed by atoms with Gasteiger partial charge in [0.15, 0.2) is 0 Å². The Balaban J connectivity index is 1.25. The average molecular weight is 472 g/mol. The van der Waals surface area contributed by atoms with Crippen LogP contribution < -0.4 is 0 Å². The molecule has 3 fully saturated rings. The summed E-state index contributed by atoms with van der Waals surface area (Å²) in [5.74, 6) is 1.90. The number of pyridine rings is 1. The Morgan fingerprint density at radius 1 is 0.971 bits per heavy atom. The molecule has 0 radical (unpaired) electrons. The molecule has 1 N–H and O–H groups in total. The van der Waals surface area contributed by atoms with E-state index in [0.29, 0.717) is 17.9 Å². The van der Waals surface area contributed by atoms with Crippen molar-refractivity contribution >= 4 is 10.9 Å². The normalized spacial score (nSPS) is 26.0. The van der Waals surface area contributed by atoms with Crippen LogP contribution in [0, 0.1) is 19.8 Å². The van der Waals surface area contributed by atoms with E-state index in [1.807, 2.05) is 0 Å². The van der Waals surface area contributed by atoms with E-state index in [2.05, 4.69) is 72.9 Å². The fourth-order valence-electron chi connectivity index (χ4n) is 7.46. The number of aromatic nitrogens is 2. The maximum atomic E-state index is 6.10. The van der Waals surface area contributed by atoms with Crippen LogP contribution in [0.1, 0.15) is 86.7 Å². The Bertz CT molecular complexity index is 1180. The summed E-state index contributed by atoms with van der Waals surface area (Å²) in [7, 11) is 0. The molecular weight excluding hydrogens is 430 g/mol. The third kappa shape index (κ3) is 4.34. The average Bonchev–Trinajstić information content (AvgIpc) is 3.48. The Labute approximate surface area is 210 Å². The number of nitrogens with zero attached hydrogens (tertiary/aromatic N) is 2. The lowest BCUT2D eigenvalue weighted by molar-refractivity contribution is -0.0625. The third-order valence-corrected chi connectivity index (χ3v) is 9.02. The van der Waals surface area contributed by atoms with E-state index >= 15 is 0 Å². The van der Waals surface area contributed by atoms with Gasteiger partial charge in [-0.2, -0.15) is 0 Å². The minimum Gasteiger partial charge on any atom is -0.378 e. The van der Waals surface area contributed by atoms with Crippen molar-refractivity contribution in [1.29, 1.82) is 0 Å². The minimum atomic E-state index is 0.456. The molecule has 1 aromatic carbocycles. The summed E-state index contributed by atoms with van der Waals surface area (Å²) >= 11 is 0. The van der Waals surface area contributed by atoms with Crippen LogP contribution in [0.25, 0.3) is 22.2 Å². The van der Waals surface area contributed by atoms with Gasteiger partial charge in [-0.25, -0.2) is 0 Å². The quantitative estimate of drug-likeness (QED) is 0.441. The van der Waals surface area contributed by atoms with Crippen LogP contribution in [0.4, 0.5) is 0 Å². The summed E-state index contributed by atoms with van der Waals surface area (Å²) in [6.07, 6.45) is 8.34. The summed E-state index contributed by atoms with van der Waals surface area (Å²) in [4.78, 5) is 11.2. The molecule has 2 aromatic heterocycles. The van der Waals surface area contributed by atoms with Gasteiger partial charge in [0.2, 0.25) is 0 Å². The van der Waals surface area contributed by atoms with Gasteiger partial charge in [-0.1, -0.05) is 26.3 Å². The first-order chi connectivity index (χ1) is 17.0. The zero-order chi connectivity index (χ0) is 24.1. The van der Waals surface area contributed by atoms with Crippen molar-refractivity contribution in [3.63, 3.8) is 0 Å². The second-order valence-electron chi connectivity index (χ2n) is 11.7. The van der Waals surface area contributed by atoms with Crippen molar-refractivity contribution in [3.8, 4) is 11.3 Å². The number of ether oxygens (including phenoxy) is 1. The van der Waals surface area contributed by atoms with E-state index in [1.165, 1.54) is 84.9 Å². The topological polar surface area (TPSA) is 41.2 Å². The fraction of sp³-hybridized carbons (Fsp3) is 0.581. The Morgan fingerprint density at radius 2 is 1.74 bits per heavy atom. The number of likely N-dealkylation sites (tertiary alicyclic amines) is 1. The van der Waals surface area contributed by atoms with Gasteiger partial charge in [-0.15, -0.1) is 0 Å². The molecule has 0 bridgehead atoms. The molecule has 1 aliphatic carbocycles. The monoisotopic (exact) mass is 471 g/mol. The van der Waals surface area contributed by atoms with Crippen molar-refractivity contribution < 1.29 is 4.74 Å². The maximum Gasteiger partial charge on any atom is 0.0618 e. The van der Waals surface area contributed by atoms with Crippen LogP contribution in [-0.2, 0) is 4.74 Å². The molecule has 35 heavy (non-hydrogen) atoms. The lowest BCUT2D eigenvalue weighted by Gasteiger charge is -2.44. The van der Waals surface area contributed by atoms with E-state index in [0.717, 1.165) is 30.0 Å². The molecule has 0 spiro atoms. The van der Waals surface area contributed by atoms with Gasteiger partial charge in [-0.05, 0) is 106 Å². The van der Waals surface area contributed by atoms with E-state index in [4.69, 9.17) is 4.74 Å². The van der Waals surface area contributed by atoms with Crippen molar-refractivity contribution in [3.05, 3.63) is 52.8 Å². The first-order valence-electron chi connectivity index (χ1n) is 13.9. The Morgan fingerprint density at radius 3 is 2.49 bits per heavy atom. The molecular formula is C31H41N3O. The number of H-pyrrole nitrogens is 1. The van der Waals surface area contributed by atoms with Gasteiger partial charge in [0.25, 0.3) is 0 Å². The summed E-state index contributed by atoms with van der Waals surface area (Å²) in [5, 5.41) is 1.40. The van der Waals surface area contributed by atoms with E-state index in [1.54, 1.807) is 0 Å². The lowest BCUT2D eigenvalue weighted by atomic mass is 9.84. The van der Waals surface area contributed by atoms with Crippen LogP contribution in [0.15, 0.2) is 30.3 Å². The molecule has 2 aliphatic heterocycles. The highest BCUT2D eigenvalue weighted by Crippen LogP contribution is 2.41. The summed E-state index contributed by atoms with van der Waals surface area (Å²) in [5.41, 5.74) is 8.90. The summed E-state index contributed by atoms with van der Waals surface area (Å²) in [6, 6.07) is 12.4. The highest BCUT2D eigenvalue weighted by molar-refractivity contribution is 5.92. The predicted octanol–water partition coefficient (Wildman–Crippen LogP) is 7.11. The molecule has 3 atom stereocenters. The first kappa shape index (κ1) is 23.2. The Kier molecular flexibility index (Phi) is 6.22. The molecule has 3 aromatic rings. The minimum absolute atomic E-state index is 0.456. The molecule has 4 nitrogen and oxygen atoms in total. The highest BCUT2D eigenvalue weighted by atomic mass is 16.5. The fourth-order valence-corrected chi connectivity index (χ4v) is 7.46. The first-order valence-corrected chi connectivity index (χ1v) is 13.9. The number of aryl methyl sites for hydroxylation is 2. The van der Waals surface area contributed by atoms with Gasteiger partial charge in [0, 0.05) is 46.4 Å². The van der Waals surface area contributed by atoms with Gasteiger partial charge in [0.05, 0.1) is 11.8 Å². The van der Waals surface area contributed by atoms with Gasteiger partial charge in [-0.3, -0.25) is 9.88 Å². The van der Waals surface area contributed by atoms with Crippen LogP contribution in [0.5, 0.6) is 0 Å². The summed E-state index contributed by atoms with van der Waals surface area (Å²) < 4.78 is 6.10. The zero-order valence-electron chi connectivity index (χ0n) is 21.9. The lowest BCUT2D eigenvalue weighted by Crippen LogP contribution is -2.50. The van der Waals surface area contributed by atoms with Crippen molar-refractivity contribution in [2.45, 2.75) is 90.2 Å². The molecule has 2 saturated heterocycles. The van der Waals surface area contributed by atoms with Crippen molar-refractivity contribution in [2.24, 2.45) is 5.92 Å². The molecule has 186 valence electrons. The van der Waals surface area contributed by atoms with E-state index in [9.17, 15) is 0 Å². The SMILES string of the molecule is Cc1cc(-c2[nH]c3ccc(C4CCN(C5CCOC6CCCC65)CC4)cc3c2C(C)C)cc(C)n1. The zero-order valence-corrected chi connectivity index (χ0v) is 21.9. The number of hydrogen-bond donors (Lipinski definition) is 1. The van der Waals surface area contributed by atoms with Crippen LogP contribution in [0.2, 0.25) is 0 Å². The smallest absolute Gasteiger partial charge is 0.0618 e. The maximum absolute atomic E-state index is 6.10. The van der Waals surface area contributed by atoms with Gasteiger partial charge >= 0.3 is 0 Å². The van der Waals surface area contributed by atoms with Crippen LogP contribution in [-0.4, -0.2) is 46.7 Å². The molecule has 3 aliphatic rings. The van der Waals surface area contributed by atoms with Crippen molar-refractivity contribution in [2.75, 3.05) is 19.7 Å². The third-order valence-electron chi connectivity index (χ3n) is 9.02. The molecule has 3 unspecified atom stereocenters. The van der Waals surface area contributed by atoms with Crippen LogP contribution >= 0.6 is 0 Å². The second kappa shape index (κ2) is 9.37. The molecule has 4 heteroatoms. The second-order valence-corrected chi connectivity index (χ2v) is 11.7. The highest BCUT2D eigenvalue weighted by Gasteiger charge is 2.41. The number of nitrogens with one attached hydrogen (secondary N) is 1. The van der Waals surface area contributed by atoms with Gasteiger partial charge in [0.1, 0.15) is 0 Å². The standard InChI is InChI=1S/C31H41N3O/c1-19(2)30-26-18-23(8-9-27(26)33-31(30)24-16-20(3)32-21(4)17-24)22-10-13-34(14-11-22)28-12-15-35-29-7-5-6-25(28)29/h8-9,16-19,22,25,28-29,33H,5-7,10-15H2,1-4H3. The van der Waals surface area contributed by atoms with E-state index < -0.39 is 0 Å². The number of benzene rings is 1. The molecule has 0 amide bonds. The van der Waals surface area contributed by atoms with Gasteiger partial charge < -0.3 is 9.72 Å². The number of aromatic amines is 1. The number of hydrogen-bond acceptors (Lipinski definition) is 3. The number of fused-ring (bicyclic) bond motifs is 2. The largest absolute Gasteiger partial charge is 0.378 e. The van der Waals surface area contributed by atoms with Crippen molar-refractivity contribution in [1.82, 2.24) is 14.9 Å². The van der Waals surface area contributed by atoms with E-state index in [-0.39, 0.29) is 0 Å². The summed E-state index contributed by atoms with van der Waals surface area (Å²) in [6.45, 7) is 12.3. The number of rotatable bonds is 4. The predicted molar refractivity (Wildman–Crippen MR) is 144 cm³/mol.